The van der Waals surface area contributed by atoms with Gasteiger partial charge in [0.15, 0.2) is 5.54 Å². The van der Waals surface area contributed by atoms with Crippen LogP contribution in [0.5, 0.6) is 0 Å². The molecule has 2 N–H and O–H groups in total. The molecule has 0 unspecified atom stereocenters. The molecule has 5 rings (SSSR count). The minimum Gasteiger partial charge on any atom is -0.356 e. The van der Waals surface area contributed by atoms with Crippen LogP contribution in [0.2, 0.25) is 0 Å². The number of hydrogen-bond acceptors (Lipinski definition) is 3. The molecular formula is C26H28N4O3. The van der Waals surface area contributed by atoms with Gasteiger partial charge in [0.2, 0.25) is 0 Å². The van der Waals surface area contributed by atoms with Crippen LogP contribution in [0.3, 0.4) is 0 Å². The van der Waals surface area contributed by atoms with E-state index in [1.54, 1.807) is 36.1 Å². The number of para-hydroxylation sites is 2. The van der Waals surface area contributed by atoms with E-state index in [0.717, 1.165) is 41.4 Å². The Hall–Kier alpha value is -3.61. The Morgan fingerprint density at radius 2 is 1.85 bits per heavy atom. The van der Waals surface area contributed by atoms with Crippen LogP contribution in [-0.4, -0.2) is 40.8 Å². The molecule has 2 aliphatic rings. The third-order valence-electron chi connectivity index (χ3n) is 6.92. The molecule has 1 atom stereocenters. The second-order valence-electron chi connectivity index (χ2n) is 8.90. The van der Waals surface area contributed by atoms with Gasteiger partial charge in [0.05, 0.1) is 16.9 Å². The maximum atomic E-state index is 13.9. The minimum atomic E-state index is -1.14. The first-order valence-corrected chi connectivity index (χ1v) is 11.6. The lowest BCUT2D eigenvalue weighted by Gasteiger charge is -2.35. The Labute approximate surface area is 192 Å². The van der Waals surface area contributed by atoms with Crippen molar-refractivity contribution in [1.29, 1.82) is 0 Å². The molecule has 33 heavy (non-hydrogen) atoms. The number of rotatable bonds is 6. The van der Waals surface area contributed by atoms with Crippen LogP contribution < -0.4 is 10.2 Å². The van der Waals surface area contributed by atoms with Gasteiger partial charge in [0.25, 0.3) is 11.8 Å². The topological polar surface area (TPSA) is 85.5 Å². The van der Waals surface area contributed by atoms with E-state index in [-0.39, 0.29) is 11.8 Å². The van der Waals surface area contributed by atoms with Crippen LogP contribution in [0.4, 0.5) is 10.5 Å². The number of urea groups is 1. The highest BCUT2D eigenvalue weighted by Gasteiger charge is 2.59. The second-order valence-corrected chi connectivity index (χ2v) is 8.90. The van der Waals surface area contributed by atoms with Crippen molar-refractivity contribution in [3.05, 3.63) is 65.4 Å². The number of aromatic nitrogens is 1. The van der Waals surface area contributed by atoms with E-state index in [1.807, 2.05) is 24.3 Å². The normalized spacial score (nSPS) is 19.7. The van der Waals surface area contributed by atoms with Crippen LogP contribution in [0.25, 0.3) is 10.9 Å². The van der Waals surface area contributed by atoms with Crippen molar-refractivity contribution in [2.24, 2.45) is 0 Å². The Bertz CT molecular complexity index is 1260. The molecule has 1 aromatic heterocycles. The van der Waals surface area contributed by atoms with Gasteiger partial charge in [0.1, 0.15) is 0 Å². The third-order valence-corrected chi connectivity index (χ3v) is 6.92. The van der Waals surface area contributed by atoms with Crippen LogP contribution in [-0.2, 0) is 16.8 Å². The maximum Gasteiger partial charge on any atom is 0.332 e. The molecule has 3 heterocycles. The number of unbranched alkanes of at least 4 members (excludes halogenated alkanes) is 2. The van der Waals surface area contributed by atoms with E-state index in [0.29, 0.717) is 30.8 Å². The third kappa shape index (κ3) is 3.14. The van der Waals surface area contributed by atoms with E-state index in [9.17, 15) is 14.4 Å². The van der Waals surface area contributed by atoms with Crippen molar-refractivity contribution >= 4 is 34.4 Å². The SMILES string of the molecule is CCCCCNC(=O)c1ccccc1N1C(=O)N2CCc3c([nH]c4ccccc34)[C@@]2(C)C1=O. The molecule has 170 valence electrons. The van der Waals surface area contributed by atoms with Gasteiger partial charge in [-0.05, 0) is 43.5 Å². The van der Waals surface area contributed by atoms with Crippen LogP contribution in [0.15, 0.2) is 48.5 Å². The summed E-state index contributed by atoms with van der Waals surface area (Å²) in [4.78, 5) is 46.6. The van der Waals surface area contributed by atoms with Gasteiger partial charge in [-0.15, -0.1) is 0 Å². The summed E-state index contributed by atoms with van der Waals surface area (Å²) >= 11 is 0. The van der Waals surface area contributed by atoms with Gasteiger partial charge in [-0.1, -0.05) is 50.1 Å². The molecule has 0 aliphatic carbocycles. The lowest BCUT2D eigenvalue weighted by atomic mass is 9.87. The molecule has 1 fully saturated rings. The number of fused-ring (bicyclic) bond motifs is 5. The van der Waals surface area contributed by atoms with E-state index in [4.69, 9.17) is 0 Å². The molecule has 2 aliphatic heterocycles. The Kier molecular flexibility index (Phi) is 5.19. The zero-order valence-electron chi connectivity index (χ0n) is 19.0. The molecule has 7 heteroatoms. The fraction of sp³-hybridized carbons (Fsp3) is 0.346. The number of nitrogens with one attached hydrogen (secondary N) is 2. The number of hydrogen-bond donors (Lipinski definition) is 2. The quantitative estimate of drug-likeness (QED) is 0.438. The van der Waals surface area contributed by atoms with E-state index in [2.05, 4.69) is 17.2 Å². The number of H-pyrrole nitrogens is 1. The average molecular weight is 445 g/mol. The fourth-order valence-corrected chi connectivity index (χ4v) is 5.14. The number of nitrogens with zero attached hydrogens (tertiary/aromatic N) is 2. The number of benzene rings is 2. The minimum absolute atomic E-state index is 0.274. The first kappa shape index (κ1) is 21.2. The highest BCUT2D eigenvalue weighted by molar-refractivity contribution is 6.25. The zero-order chi connectivity index (χ0) is 23.2. The lowest BCUT2D eigenvalue weighted by molar-refractivity contribution is -0.125. The van der Waals surface area contributed by atoms with Gasteiger partial charge in [0, 0.05) is 24.0 Å². The van der Waals surface area contributed by atoms with Crippen molar-refractivity contribution < 1.29 is 14.4 Å². The molecule has 4 amide bonds. The predicted octanol–water partition coefficient (Wildman–Crippen LogP) is 4.33. The summed E-state index contributed by atoms with van der Waals surface area (Å²) in [6.07, 6.45) is 3.65. The Morgan fingerprint density at radius 3 is 2.67 bits per heavy atom. The highest BCUT2D eigenvalue weighted by Crippen LogP contribution is 2.45. The number of amides is 4. The molecule has 7 nitrogen and oxygen atoms in total. The van der Waals surface area contributed by atoms with Gasteiger partial charge in [-0.3, -0.25) is 9.59 Å². The number of imide groups is 1. The first-order chi connectivity index (χ1) is 16.0. The Balaban J connectivity index is 1.53. The first-order valence-electron chi connectivity index (χ1n) is 11.6. The summed E-state index contributed by atoms with van der Waals surface area (Å²) in [6, 6.07) is 14.4. The summed E-state index contributed by atoms with van der Waals surface area (Å²) in [7, 11) is 0. The van der Waals surface area contributed by atoms with Crippen molar-refractivity contribution in [3.63, 3.8) is 0 Å². The summed E-state index contributed by atoms with van der Waals surface area (Å²) in [5.74, 6) is -0.616. The van der Waals surface area contributed by atoms with Gasteiger partial charge < -0.3 is 15.2 Å². The van der Waals surface area contributed by atoms with E-state index < -0.39 is 11.6 Å². The molecule has 3 aromatic rings. The zero-order valence-corrected chi connectivity index (χ0v) is 19.0. The van der Waals surface area contributed by atoms with E-state index in [1.165, 1.54) is 4.90 Å². The summed E-state index contributed by atoms with van der Waals surface area (Å²) in [6.45, 7) is 4.91. The maximum absolute atomic E-state index is 13.9. The summed E-state index contributed by atoms with van der Waals surface area (Å²) in [5.41, 5.74) is 2.31. The monoisotopic (exact) mass is 444 g/mol. The van der Waals surface area contributed by atoms with Gasteiger partial charge in [-0.2, -0.15) is 0 Å². The standard InChI is InChI=1S/C26H28N4O3/c1-3-4-9-15-27-23(31)19-11-6-8-13-21(19)30-24(32)26(2)22-18(14-16-29(26)25(30)33)17-10-5-7-12-20(17)28-22/h5-8,10-13,28H,3-4,9,14-16H2,1-2H3,(H,27,31)/t26-/m0/s1. The molecular weight excluding hydrogens is 416 g/mol. The molecule has 1 saturated heterocycles. The number of anilines is 1. The molecule has 0 radical (unpaired) electrons. The summed E-state index contributed by atoms with van der Waals surface area (Å²) < 4.78 is 0. The molecule has 2 aromatic carbocycles. The average Bonchev–Trinajstić information content (AvgIpc) is 3.30. The van der Waals surface area contributed by atoms with Crippen molar-refractivity contribution in [2.45, 2.75) is 45.1 Å². The van der Waals surface area contributed by atoms with Crippen molar-refractivity contribution in [3.8, 4) is 0 Å². The molecule has 0 saturated carbocycles. The lowest BCUT2D eigenvalue weighted by Crippen LogP contribution is -2.49. The number of carbonyl (C=O) groups is 3. The van der Waals surface area contributed by atoms with Crippen LogP contribution >= 0.6 is 0 Å². The highest BCUT2D eigenvalue weighted by atomic mass is 16.2. The molecule has 0 bridgehead atoms. The van der Waals surface area contributed by atoms with E-state index >= 15 is 0 Å². The molecule has 0 spiro atoms. The van der Waals surface area contributed by atoms with Gasteiger partial charge in [-0.25, -0.2) is 9.69 Å². The second kappa shape index (κ2) is 8.06. The van der Waals surface area contributed by atoms with Crippen LogP contribution in [0.1, 0.15) is 54.7 Å². The van der Waals surface area contributed by atoms with Crippen LogP contribution in [0, 0.1) is 0 Å². The predicted molar refractivity (Wildman–Crippen MR) is 127 cm³/mol. The van der Waals surface area contributed by atoms with Crippen molar-refractivity contribution in [1.82, 2.24) is 15.2 Å². The number of carbonyl (C=O) groups excluding carboxylic acids is 3. The fourth-order valence-electron chi connectivity index (χ4n) is 5.14. The smallest absolute Gasteiger partial charge is 0.332 e. The largest absolute Gasteiger partial charge is 0.356 e. The Morgan fingerprint density at radius 1 is 1.09 bits per heavy atom. The van der Waals surface area contributed by atoms with Gasteiger partial charge >= 0.3 is 6.03 Å². The van der Waals surface area contributed by atoms with Crippen molar-refractivity contribution in [2.75, 3.05) is 18.0 Å². The number of aromatic amines is 1. The summed E-state index contributed by atoms with van der Waals surface area (Å²) in [5, 5.41) is 4.01.